The largest absolute Gasteiger partial charge is 0.508 e. The molecule has 1 aromatic heterocycles. The summed E-state index contributed by atoms with van der Waals surface area (Å²) in [5.74, 6) is -1.14. The Morgan fingerprint density at radius 2 is 1.74 bits per heavy atom. The number of thioether (sulfide) groups is 1. The Hall–Kier alpha value is -4.35. The SMILES string of the molecule is Cc1ccccc1COc1ccc(C(O)=C2C(=O)C(=O)N(c3nnc(SCc4ccc(Cl)cc4Cl)s3)C2c2cccc(O)c2)cc1. The molecule has 46 heavy (non-hydrogen) atoms. The number of benzene rings is 4. The van der Waals surface area contributed by atoms with Crippen LogP contribution in [0.1, 0.15) is 33.9 Å². The predicted molar refractivity (Wildman–Crippen MR) is 181 cm³/mol. The van der Waals surface area contributed by atoms with Crippen molar-refractivity contribution in [3.63, 3.8) is 0 Å². The van der Waals surface area contributed by atoms with Gasteiger partial charge in [0.2, 0.25) is 5.13 Å². The van der Waals surface area contributed by atoms with Gasteiger partial charge in [-0.15, -0.1) is 10.2 Å². The molecule has 12 heteroatoms. The smallest absolute Gasteiger partial charge is 0.301 e. The molecule has 0 bridgehead atoms. The molecule has 0 aliphatic carbocycles. The number of hydrogen-bond donors (Lipinski definition) is 2. The Labute approximate surface area is 282 Å². The number of anilines is 1. The summed E-state index contributed by atoms with van der Waals surface area (Å²) in [6.07, 6.45) is 0. The molecule has 1 fully saturated rings. The lowest BCUT2D eigenvalue weighted by molar-refractivity contribution is -0.132. The molecule has 5 aromatic rings. The Morgan fingerprint density at radius 1 is 0.957 bits per heavy atom. The molecule has 232 valence electrons. The third-order valence-corrected chi connectivity index (χ3v) is 10.1. The van der Waals surface area contributed by atoms with Crippen LogP contribution in [0.25, 0.3) is 5.76 Å². The molecular weight excluding hydrogens is 665 g/mol. The van der Waals surface area contributed by atoms with Crippen molar-refractivity contribution in [3.05, 3.63) is 134 Å². The van der Waals surface area contributed by atoms with Gasteiger partial charge in [-0.05, 0) is 77.7 Å². The molecule has 2 N–H and O–H groups in total. The summed E-state index contributed by atoms with van der Waals surface area (Å²) in [7, 11) is 0. The van der Waals surface area contributed by atoms with Crippen molar-refractivity contribution < 1.29 is 24.5 Å². The summed E-state index contributed by atoms with van der Waals surface area (Å²) in [5.41, 5.74) is 3.60. The molecule has 2 heterocycles. The van der Waals surface area contributed by atoms with Crippen LogP contribution in [0, 0.1) is 6.92 Å². The van der Waals surface area contributed by atoms with Crippen LogP contribution in [0.2, 0.25) is 10.0 Å². The number of phenols is 1. The van der Waals surface area contributed by atoms with Crippen molar-refractivity contribution in [2.75, 3.05) is 4.90 Å². The maximum atomic E-state index is 13.5. The number of aliphatic hydroxyl groups excluding tert-OH is 1. The van der Waals surface area contributed by atoms with E-state index < -0.39 is 17.7 Å². The van der Waals surface area contributed by atoms with E-state index >= 15 is 0 Å². The second-order valence-electron chi connectivity index (χ2n) is 10.4. The van der Waals surface area contributed by atoms with Gasteiger partial charge in [0.15, 0.2) is 4.34 Å². The summed E-state index contributed by atoms with van der Waals surface area (Å²) in [4.78, 5) is 28.3. The molecular formula is C34H25Cl2N3O5S2. The van der Waals surface area contributed by atoms with E-state index in [2.05, 4.69) is 10.2 Å². The van der Waals surface area contributed by atoms with Crippen molar-refractivity contribution in [1.29, 1.82) is 0 Å². The normalized spacial score (nSPS) is 15.8. The van der Waals surface area contributed by atoms with Gasteiger partial charge in [-0.3, -0.25) is 14.5 Å². The van der Waals surface area contributed by atoms with E-state index in [4.69, 9.17) is 27.9 Å². The highest BCUT2D eigenvalue weighted by Gasteiger charge is 2.48. The molecule has 1 aliphatic rings. The van der Waals surface area contributed by atoms with Gasteiger partial charge in [0.05, 0.1) is 11.6 Å². The molecule has 1 amide bonds. The van der Waals surface area contributed by atoms with Crippen molar-refractivity contribution in [2.24, 2.45) is 0 Å². The van der Waals surface area contributed by atoms with E-state index in [0.29, 0.717) is 43.6 Å². The molecule has 0 saturated carbocycles. The molecule has 1 atom stereocenters. The minimum absolute atomic E-state index is 0.0633. The number of hydrogen-bond acceptors (Lipinski definition) is 9. The number of aryl methyl sites for hydroxylation is 1. The van der Waals surface area contributed by atoms with Gasteiger partial charge >= 0.3 is 5.91 Å². The van der Waals surface area contributed by atoms with Gasteiger partial charge in [0.25, 0.3) is 5.78 Å². The summed E-state index contributed by atoms with van der Waals surface area (Å²) < 4.78 is 6.47. The first-order chi connectivity index (χ1) is 22.2. The predicted octanol–water partition coefficient (Wildman–Crippen LogP) is 8.36. The van der Waals surface area contributed by atoms with Crippen LogP contribution in [0.3, 0.4) is 0 Å². The molecule has 1 aliphatic heterocycles. The first kappa shape index (κ1) is 31.6. The number of nitrogens with zero attached hydrogens (tertiary/aromatic N) is 3. The Kier molecular flexibility index (Phi) is 9.32. The van der Waals surface area contributed by atoms with Gasteiger partial charge in [-0.25, -0.2) is 0 Å². The van der Waals surface area contributed by atoms with Gasteiger partial charge in [-0.2, -0.15) is 0 Å². The fourth-order valence-electron chi connectivity index (χ4n) is 4.97. The van der Waals surface area contributed by atoms with E-state index in [1.165, 1.54) is 28.8 Å². The number of Topliss-reactive ketones (excluding diaryl/α,β-unsaturated/α-hetero) is 1. The van der Waals surface area contributed by atoms with Crippen molar-refractivity contribution in [2.45, 2.75) is 29.7 Å². The van der Waals surface area contributed by atoms with Crippen molar-refractivity contribution in [1.82, 2.24) is 10.2 Å². The lowest BCUT2D eigenvalue weighted by atomic mass is 9.95. The van der Waals surface area contributed by atoms with Crippen molar-refractivity contribution in [3.8, 4) is 11.5 Å². The van der Waals surface area contributed by atoms with Gasteiger partial charge in [0, 0.05) is 21.4 Å². The highest BCUT2D eigenvalue weighted by molar-refractivity contribution is 8.00. The third kappa shape index (κ3) is 6.61. The van der Waals surface area contributed by atoms with Crippen LogP contribution < -0.4 is 9.64 Å². The number of aromatic nitrogens is 2. The lowest BCUT2D eigenvalue weighted by Gasteiger charge is -2.22. The topological polar surface area (TPSA) is 113 Å². The first-order valence-corrected chi connectivity index (χ1v) is 16.5. The number of aliphatic hydroxyl groups is 1. The van der Waals surface area contributed by atoms with Gasteiger partial charge in [-0.1, -0.05) is 88.8 Å². The fraction of sp³-hybridized carbons (Fsp3) is 0.118. The van der Waals surface area contributed by atoms with E-state index in [1.54, 1.807) is 48.5 Å². The maximum Gasteiger partial charge on any atom is 0.301 e. The minimum atomic E-state index is -1.07. The number of ketones is 1. The summed E-state index contributed by atoms with van der Waals surface area (Å²) in [5, 5.41) is 31.4. The Morgan fingerprint density at radius 3 is 2.48 bits per heavy atom. The van der Waals surface area contributed by atoms with E-state index in [9.17, 15) is 19.8 Å². The molecule has 0 spiro atoms. The molecule has 6 rings (SSSR count). The summed E-state index contributed by atoms with van der Waals surface area (Å²) in [6, 6.07) is 24.9. The summed E-state index contributed by atoms with van der Waals surface area (Å²) in [6.45, 7) is 2.38. The molecule has 4 aromatic carbocycles. The van der Waals surface area contributed by atoms with Gasteiger partial charge in [0.1, 0.15) is 23.9 Å². The Bertz CT molecular complexity index is 1980. The third-order valence-electron chi connectivity index (χ3n) is 7.38. The number of carbonyl (C=O) groups is 2. The van der Waals surface area contributed by atoms with Crippen LogP contribution in [0.5, 0.6) is 11.5 Å². The number of ether oxygens (including phenoxy) is 1. The van der Waals surface area contributed by atoms with Gasteiger partial charge < -0.3 is 14.9 Å². The minimum Gasteiger partial charge on any atom is -0.508 e. The van der Waals surface area contributed by atoms with Crippen LogP contribution in [0.15, 0.2) is 101 Å². The fourth-order valence-corrected chi connectivity index (χ4v) is 7.40. The number of aromatic hydroxyl groups is 1. The molecule has 8 nitrogen and oxygen atoms in total. The van der Waals surface area contributed by atoms with Crippen molar-refractivity contribution >= 4 is 68.9 Å². The second kappa shape index (κ2) is 13.6. The van der Waals surface area contributed by atoms with Crippen LogP contribution in [-0.2, 0) is 21.9 Å². The van der Waals surface area contributed by atoms with Crippen LogP contribution >= 0.6 is 46.3 Å². The zero-order valence-electron chi connectivity index (χ0n) is 24.2. The second-order valence-corrected chi connectivity index (χ2v) is 13.4. The number of rotatable bonds is 9. The Balaban J connectivity index is 1.30. The van der Waals surface area contributed by atoms with Crippen LogP contribution in [-0.4, -0.2) is 32.1 Å². The number of amides is 1. The lowest BCUT2D eigenvalue weighted by Crippen LogP contribution is -2.29. The van der Waals surface area contributed by atoms with E-state index in [1.807, 2.05) is 37.3 Å². The average Bonchev–Trinajstić information content (AvgIpc) is 3.61. The first-order valence-electron chi connectivity index (χ1n) is 14.0. The number of carbonyl (C=O) groups excluding carboxylic acids is 2. The standard InChI is InChI=1S/C34H25Cl2N3O5S2/c1-19-5-2-3-6-22(19)17-44-26-13-10-20(11-14-26)30(41)28-29(21-7-4-8-25(40)15-21)39(32(43)31(28)42)33-37-38-34(46-33)45-18-23-9-12-24(35)16-27(23)36/h2-16,29,40-41H,17-18H2,1H3. The zero-order valence-corrected chi connectivity index (χ0v) is 27.3. The molecule has 1 unspecified atom stereocenters. The number of halogens is 2. The van der Waals surface area contributed by atoms with E-state index in [-0.39, 0.29) is 22.2 Å². The average molecular weight is 691 g/mol. The number of phenolic OH excluding ortho intramolecular Hbond substituents is 1. The maximum absolute atomic E-state index is 13.5. The monoisotopic (exact) mass is 689 g/mol. The molecule has 0 radical (unpaired) electrons. The molecule has 1 saturated heterocycles. The highest BCUT2D eigenvalue weighted by atomic mass is 35.5. The quantitative estimate of drug-likeness (QED) is 0.0522. The highest BCUT2D eigenvalue weighted by Crippen LogP contribution is 2.44. The zero-order chi connectivity index (χ0) is 32.4. The van der Waals surface area contributed by atoms with E-state index in [0.717, 1.165) is 28.0 Å². The summed E-state index contributed by atoms with van der Waals surface area (Å²) >= 11 is 14.8. The van der Waals surface area contributed by atoms with Crippen LogP contribution in [0.4, 0.5) is 5.13 Å².